The highest BCUT2D eigenvalue weighted by Crippen LogP contribution is 2.30. The van der Waals surface area contributed by atoms with Crippen LogP contribution in [-0.4, -0.2) is 14.5 Å². The molecule has 1 aromatic heterocycles. The predicted molar refractivity (Wildman–Crippen MR) is 50.7 cm³/mol. The molecule has 1 aliphatic carbocycles. The van der Waals surface area contributed by atoms with Gasteiger partial charge >= 0.3 is 16.9 Å². The fourth-order valence-corrected chi connectivity index (χ4v) is 1.34. The molecule has 0 amide bonds. The predicted octanol–water partition coefficient (Wildman–Crippen LogP) is -0.145. The minimum absolute atomic E-state index is 0.410. The van der Waals surface area contributed by atoms with Crippen LogP contribution in [0.15, 0.2) is 15.8 Å². The van der Waals surface area contributed by atoms with Crippen molar-refractivity contribution >= 4 is 5.69 Å². The van der Waals surface area contributed by atoms with Gasteiger partial charge in [0.25, 0.3) is 0 Å². The Hall–Kier alpha value is -1.92. The minimum Gasteiger partial charge on any atom is -0.293 e. The number of H-pyrrole nitrogens is 1. The van der Waals surface area contributed by atoms with Crippen molar-refractivity contribution in [3.05, 3.63) is 37.1 Å². The number of hydrogen-bond donors (Lipinski definition) is 1. The molecule has 0 atom stereocenters. The summed E-state index contributed by atoms with van der Waals surface area (Å²) in [6, 6.07) is 0. The zero-order valence-electron chi connectivity index (χ0n) is 7.80. The van der Waals surface area contributed by atoms with Crippen LogP contribution in [0.25, 0.3) is 0 Å². The van der Waals surface area contributed by atoms with E-state index in [0.29, 0.717) is 12.5 Å². The molecule has 15 heavy (non-hydrogen) atoms. The fraction of sp³-hybridized carbons (Fsp3) is 0.500. The molecular weight excluding hydrogens is 202 g/mol. The van der Waals surface area contributed by atoms with E-state index >= 15 is 0 Å². The highest BCUT2D eigenvalue weighted by molar-refractivity contribution is 5.20. The van der Waals surface area contributed by atoms with Gasteiger partial charge in [0, 0.05) is 6.54 Å². The summed E-state index contributed by atoms with van der Waals surface area (Å²) in [5, 5.41) is 10.5. The van der Waals surface area contributed by atoms with E-state index in [1.807, 2.05) is 4.98 Å². The van der Waals surface area contributed by atoms with Crippen molar-refractivity contribution < 1.29 is 4.92 Å². The lowest BCUT2D eigenvalue weighted by molar-refractivity contribution is -0.386. The van der Waals surface area contributed by atoms with Gasteiger partial charge in [0.1, 0.15) is 0 Å². The van der Waals surface area contributed by atoms with Gasteiger partial charge in [-0.1, -0.05) is 0 Å². The van der Waals surface area contributed by atoms with Gasteiger partial charge in [0.15, 0.2) is 0 Å². The van der Waals surface area contributed by atoms with Crippen molar-refractivity contribution in [2.45, 2.75) is 19.4 Å². The molecule has 1 N–H and O–H groups in total. The van der Waals surface area contributed by atoms with E-state index in [-0.39, 0.29) is 0 Å². The SMILES string of the molecule is O=c1[nH]c(=O)n(CC2CC2)cc1[N+](=O)[O-]. The Kier molecular flexibility index (Phi) is 2.14. The summed E-state index contributed by atoms with van der Waals surface area (Å²) in [6.45, 7) is 0.441. The van der Waals surface area contributed by atoms with Gasteiger partial charge in [-0.25, -0.2) is 4.79 Å². The zero-order valence-corrected chi connectivity index (χ0v) is 7.80. The number of aromatic amines is 1. The van der Waals surface area contributed by atoms with E-state index in [9.17, 15) is 19.7 Å². The van der Waals surface area contributed by atoms with Crippen LogP contribution in [0, 0.1) is 16.0 Å². The first-order valence-electron chi connectivity index (χ1n) is 4.56. The Morgan fingerprint density at radius 1 is 1.53 bits per heavy atom. The van der Waals surface area contributed by atoms with Gasteiger partial charge < -0.3 is 0 Å². The molecule has 0 saturated heterocycles. The molecular formula is C8H9N3O4. The molecule has 0 radical (unpaired) electrons. The number of rotatable bonds is 3. The summed E-state index contributed by atoms with van der Waals surface area (Å²) < 4.78 is 1.19. The lowest BCUT2D eigenvalue weighted by atomic mass is 10.4. The second-order valence-electron chi connectivity index (χ2n) is 3.63. The molecule has 0 bridgehead atoms. The van der Waals surface area contributed by atoms with Crippen molar-refractivity contribution in [1.29, 1.82) is 0 Å². The second-order valence-corrected chi connectivity index (χ2v) is 3.63. The quantitative estimate of drug-likeness (QED) is 0.555. The molecule has 80 valence electrons. The maximum atomic E-state index is 11.3. The number of aromatic nitrogens is 2. The molecule has 1 heterocycles. The summed E-state index contributed by atoms with van der Waals surface area (Å²) in [5.41, 5.74) is -2.12. The Balaban J connectivity index is 2.45. The fourth-order valence-electron chi connectivity index (χ4n) is 1.34. The summed E-state index contributed by atoms with van der Waals surface area (Å²) in [5.74, 6) is 0.410. The van der Waals surface area contributed by atoms with Crippen molar-refractivity contribution in [3.8, 4) is 0 Å². The first kappa shape index (κ1) is 9.63. The summed E-state index contributed by atoms with van der Waals surface area (Å²) in [7, 11) is 0. The Morgan fingerprint density at radius 2 is 2.20 bits per heavy atom. The molecule has 7 heteroatoms. The topological polar surface area (TPSA) is 98.0 Å². The lowest BCUT2D eigenvalue weighted by Crippen LogP contribution is -2.31. The van der Waals surface area contributed by atoms with Gasteiger partial charge in [-0.3, -0.25) is 24.5 Å². The molecule has 0 spiro atoms. The third-order valence-corrected chi connectivity index (χ3v) is 2.34. The molecule has 7 nitrogen and oxygen atoms in total. The maximum absolute atomic E-state index is 11.3. The Labute approximate surface area is 83.5 Å². The van der Waals surface area contributed by atoms with Crippen molar-refractivity contribution in [2.24, 2.45) is 5.92 Å². The van der Waals surface area contributed by atoms with Crippen LogP contribution in [0.2, 0.25) is 0 Å². The summed E-state index contributed by atoms with van der Waals surface area (Å²) in [6.07, 6.45) is 3.07. The molecule has 1 fully saturated rings. The van der Waals surface area contributed by atoms with Gasteiger partial charge in [-0.05, 0) is 18.8 Å². The third-order valence-electron chi connectivity index (χ3n) is 2.34. The third kappa shape index (κ3) is 1.95. The molecule has 1 aromatic rings. The van der Waals surface area contributed by atoms with E-state index in [1.165, 1.54) is 4.57 Å². The van der Waals surface area contributed by atoms with E-state index in [1.54, 1.807) is 0 Å². The van der Waals surface area contributed by atoms with E-state index in [2.05, 4.69) is 0 Å². The molecule has 0 aliphatic heterocycles. The van der Waals surface area contributed by atoms with Gasteiger partial charge in [-0.15, -0.1) is 0 Å². The molecule has 1 aliphatic rings. The molecule has 2 rings (SSSR count). The average molecular weight is 211 g/mol. The number of nitro groups is 1. The molecule has 1 saturated carbocycles. The van der Waals surface area contributed by atoms with Crippen molar-refractivity contribution in [3.63, 3.8) is 0 Å². The van der Waals surface area contributed by atoms with Crippen LogP contribution in [0.3, 0.4) is 0 Å². The minimum atomic E-state index is -0.947. The first-order valence-corrected chi connectivity index (χ1v) is 4.56. The van der Waals surface area contributed by atoms with E-state index in [0.717, 1.165) is 19.0 Å². The Morgan fingerprint density at radius 3 is 2.73 bits per heavy atom. The first-order chi connectivity index (χ1) is 7.08. The van der Waals surface area contributed by atoms with Gasteiger partial charge in [0.2, 0.25) is 0 Å². The van der Waals surface area contributed by atoms with Crippen LogP contribution >= 0.6 is 0 Å². The highest BCUT2D eigenvalue weighted by atomic mass is 16.6. The van der Waals surface area contributed by atoms with E-state index in [4.69, 9.17) is 0 Å². The van der Waals surface area contributed by atoms with Crippen molar-refractivity contribution in [1.82, 2.24) is 9.55 Å². The summed E-state index contributed by atoms with van der Waals surface area (Å²) in [4.78, 5) is 33.9. The molecule has 0 aromatic carbocycles. The lowest BCUT2D eigenvalue weighted by Gasteiger charge is -2.01. The Bertz CT molecular complexity index is 511. The van der Waals surface area contributed by atoms with Crippen molar-refractivity contribution in [2.75, 3.05) is 0 Å². The largest absolute Gasteiger partial charge is 0.350 e. The van der Waals surface area contributed by atoms with E-state index < -0.39 is 21.9 Å². The standard InChI is InChI=1S/C8H9N3O4/c12-7-6(11(14)15)4-10(8(13)9-7)3-5-1-2-5/h4-5H,1-3H2,(H,9,12,13). The zero-order chi connectivity index (χ0) is 11.0. The monoisotopic (exact) mass is 211 g/mol. The van der Waals surface area contributed by atoms with Crippen LogP contribution in [0.1, 0.15) is 12.8 Å². The average Bonchev–Trinajstić information content (AvgIpc) is 2.92. The van der Waals surface area contributed by atoms with Gasteiger partial charge in [0.05, 0.1) is 11.1 Å². The van der Waals surface area contributed by atoms with Gasteiger partial charge in [-0.2, -0.15) is 0 Å². The number of hydrogen-bond acceptors (Lipinski definition) is 4. The van der Waals surface area contributed by atoms with Crippen LogP contribution in [0.5, 0.6) is 0 Å². The normalized spacial score (nSPS) is 15.2. The smallest absolute Gasteiger partial charge is 0.293 e. The van der Waals surface area contributed by atoms with Crippen LogP contribution in [0.4, 0.5) is 5.69 Å². The molecule has 0 unspecified atom stereocenters. The summed E-state index contributed by atoms with van der Waals surface area (Å²) >= 11 is 0. The maximum Gasteiger partial charge on any atom is 0.350 e. The number of nitrogens with one attached hydrogen (secondary N) is 1. The number of nitrogens with zero attached hydrogens (tertiary/aromatic N) is 2. The second kappa shape index (κ2) is 3.34. The highest BCUT2D eigenvalue weighted by Gasteiger charge is 2.24. The van der Waals surface area contributed by atoms with Crippen LogP contribution in [-0.2, 0) is 6.54 Å². The van der Waals surface area contributed by atoms with Crippen LogP contribution < -0.4 is 11.2 Å².